The van der Waals surface area contributed by atoms with Crippen molar-refractivity contribution in [2.45, 2.75) is 156 Å². The Morgan fingerprint density at radius 3 is 2.18 bits per heavy atom. The number of carboxylic acid groups (broad SMARTS) is 1. The Morgan fingerprint density at radius 2 is 1.49 bits per heavy atom. The molecule has 5 saturated carbocycles. The molecule has 2 unspecified atom stereocenters. The molecule has 8 heteroatoms. The van der Waals surface area contributed by atoms with Gasteiger partial charge in [-0.05, 0) is 135 Å². The van der Waals surface area contributed by atoms with E-state index in [4.69, 9.17) is 5.11 Å². The van der Waals surface area contributed by atoms with Crippen molar-refractivity contribution in [2.24, 2.45) is 56.7 Å². The molecule has 0 aliphatic heterocycles. The maximum atomic E-state index is 14.4. The summed E-state index contributed by atoms with van der Waals surface area (Å²) in [5.74, 6) is 1.16. The molecule has 5 aliphatic rings. The molecule has 0 aromatic carbocycles. The summed E-state index contributed by atoms with van der Waals surface area (Å²) in [6, 6.07) is 0. The number of rotatable bonds is 13. The van der Waals surface area contributed by atoms with Crippen LogP contribution in [0.4, 0.5) is 0 Å². The molecule has 2 amide bonds. The summed E-state index contributed by atoms with van der Waals surface area (Å²) < 4.78 is 0. The van der Waals surface area contributed by atoms with Gasteiger partial charge in [0.2, 0.25) is 11.8 Å². The maximum Gasteiger partial charge on any atom is 0.334 e. The Morgan fingerprint density at radius 1 is 0.796 bits per heavy atom. The van der Waals surface area contributed by atoms with Gasteiger partial charge in [-0.3, -0.25) is 9.59 Å². The van der Waals surface area contributed by atoms with Crippen molar-refractivity contribution in [3.63, 3.8) is 0 Å². The first kappa shape index (κ1) is 38.3. The van der Waals surface area contributed by atoms with Crippen molar-refractivity contribution in [1.82, 2.24) is 10.6 Å². The largest absolute Gasteiger partial charge is 0.479 e. The SMILES string of the molecule is C=C(C)[C@@H]1CC[C@]2(C(=O)NCCCCCCCC(=O)NCC(O)C(=O)O)CC[C@]3(C)[C@H](CCC4[C@@]5(C)CC[C@H](O)C(C)(C)[C@@H]5CC[C@]43C)[C@@H]12. The molecule has 5 aliphatic carbocycles. The average Bonchev–Trinajstić information content (AvgIpc) is 3.44. The molecule has 8 nitrogen and oxygen atoms in total. The highest BCUT2D eigenvalue weighted by Gasteiger charge is 2.71. The Kier molecular flexibility index (Phi) is 11.1. The van der Waals surface area contributed by atoms with E-state index in [1.165, 1.54) is 31.3 Å². The van der Waals surface area contributed by atoms with Gasteiger partial charge in [-0.1, -0.05) is 66.0 Å². The van der Waals surface area contributed by atoms with Crippen LogP contribution in [0.1, 0.15) is 144 Å². The molecule has 278 valence electrons. The van der Waals surface area contributed by atoms with Crippen LogP contribution in [0, 0.1) is 56.7 Å². The summed E-state index contributed by atoms with van der Waals surface area (Å²) in [6.07, 6.45) is 14.0. The normalized spacial score (nSPS) is 41.3. The molecule has 0 radical (unpaired) electrons. The van der Waals surface area contributed by atoms with E-state index in [9.17, 15) is 24.6 Å². The highest BCUT2D eigenvalue weighted by atomic mass is 16.4. The first-order valence-corrected chi connectivity index (χ1v) is 19.7. The third-order valence-corrected chi connectivity index (χ3v) is 16.1. The van der Waals surface area contributed by atoms with Crippen molar-refractivity contribution in [3.05, 3.63) is 12.2 Å². The summed E-state index contributed by atoms with van der Waals surface area (Å²) in [4.78, 5) is 36.9. The van der Waals surface area contributed by atoms with Gasteiger partial charge in [0.05, 0.1) is 18.1 Å². The lowest BCUT2D eigenvalue weighted by Crippen LogP contribution is -2.67. The molecule has 49 heavy (non-hydrogen) atoms. The molecule has 5 rings (SSSR count). The summed E-state index contributed by atoms with van der Waals surface area (Å²) in [5, 5.41) is 35.0. The zero-order chi connectivity index (χ0) is 36.0. The van der Waals surface area contributed by atoms with Gasteiger partial charge in [-0.15, -0.1) is 0 Å². The lowest BCUT2D eigenvalue weighted by atomic mass is 9.32. The summed E-state index contributed by atoms with van der Waals surface area (Å²) in [6.45, 7) is 19.6. The van der Waals surface area contributed by atoms with Crippen LogP contribution in [0.5, 0.6) is 0 Å². The van der Waals surface area contributed by atoms with Gasteiger partial charge in [0.15, 0.2) is 6.10 Å². The van der Waals surface area contributed by atoms with Gasteiger partial charge in [0, 0.05) is 13.0 Å². The molecule has 5 N–H and O–H groups in total. The van der Waals surface area contributed by atoms with Crippen LogP contribution in [0.3, 0.4) is 0 Å². The standard InChI is InChI=1S/C41H68N2O6/c1-26(2)27-16-21-41(36(49)42-24-12-10-8-9-11-13-33(46)43-25-29(44)35(47)48)23-22-39(6)28(34(27)41)14-15-31-38(5)19-18-32(45)37(3,4)30(38)17-20-40(31,39)7/h27-32,34,44-45H,1,8-25H2,2-7H3,(H,42,49)(H,43,46)(H,47,48)/t27-,28+,29?,30-,31?,32-,34+,38-,39+,40+,41-/m0/s1. The number of amides is 2. The van der Waals surface area contributed by atoms with E-state index >= 15 is 0 Å². The second-order valence-electron chi connectivity index (χ2n) is 18.6. The van der Waals surface area contributed by atoms with E-state index in [1.807, 2.05) is 0 Å². The number of carbonyl (C=O) groups is 3. The number of aliphatic carboxylic acids is 1. The molecule has 11 atom stereocenters. The molecular weight excluding hydrogens is 616 g/mol. The van der Waals surface area contributed by atoms with E-state index in [0.29, 0.717) is 49.0 Å². The predicted octanol–water partition coefficient (Wildman–Crippen LogP) is 7.02. The van der Waals surface area contributed by atoms with E-state index in [1.54, 1.807) is 0 Å². The van der Waals surface area contributed by atoms with E-state index in [0.717, 1.165) is 64.2 Å². The lowest BCUT2D eigenvalue weighted by molar-refractivity contribution is -0.246. The van der Waals surface area contributed by atoms with Gasteiger partial charge in [-0.25, -0.2) is 4.79 Å². The van der Waals surface area contributed by atoms with Crippen molar-refractivity contribution in [1.29, 1.82) is 0 Å². The number of aliphatic hydroxyl groups excluding tert-OH is 2. The number of carbonyl (C=O) groups excluding carboxylic acids is 2. The van der Waals surface area contributed by atoms with Gasteiger partial charge < -0.3 is 26.0 Å². The first-order chi connectivity index (χ1) is 23.0. The topological polar surface area (TPSA) is 136 Å². The first-order valence-electron chi connectivity index (χ1n) is 19.7. The molecule has 0 aromatic heterocycles. The monoisotopic (exact) mass is 685 g/mol. The van der Waals surface area contributed by atoms with Crippen molar-refractivity contribution < 1.29 is 29.7 Å². The molecular formula is C41H68N2O6. The highest BCUT2D eigenvalue weighted by Crippen LogP contribution is 2.77. The molecule has 0 aromatic rings. The molecule has 0 spiro atoms. The maximum absolute atomic E-state index is 14.4. The highest BCUT2D eigenvalue weighted by molar-refractivity contribution is 5.84. The molecule has 0 heterocycles. The van der Waals surface area contributed by atoms with Gasteiger partial charge in [0.1, 0.15) is 0 Å². The zero-order valence-corrected chi connectivity index (χ0v) is 31.5. The Bertz CT molecular complexity index is 1270. The van der Waals surface area contributed by atoms with Crippen LogP contribution >= 0.6 is 0 Å². The van der Waals surface area contributed by atoms with Gasteiger partial charge in [0.25, 0.3) is 0 Å². The second kappa shape index (κ2) is 14.2. The molecule has 0 bridgehead atoms. The summed E-state index contributed by atoms with van der Waals surface area (Å²) >= 11 is 0. The van der Waals surface area contributed by atoms with Crippen LogP contribution < -0.4 is 10.6 Å². The van der Waals surface area contributed by atoms with Crippen molar-refractivity contribution in [3.8, 4) is 0 Å². The fraction of sp³-hybridized carbons (Fsp3) is 0.878. The quantitative estimate of drug-likeness (QED) is 0.105. The zero-order valence-electron chi connectivity index (χ0n) is 31.5. The number of fused-ring (bicyclic) bond motifs is 7. The summed E-state index contributed by atoms with van der Waals surface area (Å²) in [7, 11) is 0. The number of unbranched alkanes of at least 4 members (excludes halogenated alkanes) is 4. The van der Waals surface area contributed by atoms with Gasteiger partial charge >= 0.3 is 5.97 Å². The Labute approximate surface area is 296 Å². The van der Waals surface area contributed by atoms with Crippen LogP contribution in [-0.4, -0.2) is 58.4 Å². The number of carboxylic acids is 1. The number of hydrogen-bond donors (Lipinski definition) is 5. The van der Waals surface area contributed by atoms with E-state index in [2.05, 4.69) is 58.8 Å². The smallest absolute Gasteiger partial charge is 0.334 e. The van der Waals surface area contributed by atoms with E-state index in [-0.39, 0.29) is 51.5 Å². The van der Waals surface area contributed by atoms with Crippen molar-refractivity contribution >= 4 is 17.8 Å². The molecule has 5 fully saturated rings. The van der Waals surface area contributed by atoms with Crippen LogP contribution in [-0.2, 0) is 14.4 Å². The number of nitrogens with one attached hydrogen (secondary N) is 2. The van der Waals surface area contributed by atoms with E-state index < -0.39 is 12.1 Å². The Balaban J connectivity index is 1.19. The third-order valence-electron chi connectivity index (χ3n) is 16.1. The predicted molar refractivity (Wildman–Crippen MR) is 192 cm³/mol. The lowest BCUT2D eigenvalue weighted by Gasteiger charge is -2.72. The Hall–Kier alpha value is -1.93. The number of hydrogen-bond acceptors (Lipinski definition) is 5. The van der Waals surface area contributed by atoms with Crippen LogP contribution in [0.25, 0.3) is 0 Å². The molecule has 0 saturated heterocycles. The number of allylic oxidation sites excluding steroid dienone is 1. The fourth-order valence-corrected chi connectivity index (χ4v) is 13.2. The van der Waals surface area contributed by atoms with Crippen molar-refractivity contribution in [2.75, 3.05) is 13.1 Å². The second-order valence-corrected chi connectivity index (χ2v) is 18.6. The minimum atomic E-state index is -1.57. The number of aliphatic hydroxyl groups is 2. The fourth-order valence-electron chi connectivity index (χ4n) is 13.2. The van der Waals surface area contributed by atoms with Crippen LogP contribution in [0.2, 0.25) is 0 Å². The average molecular weight is 685 g/mol. The summed E-state index contributed by atoms with van der Waals surface area (Å²) in [5.41, 5.74) is 1.55. The van der Waals surface area contributed by atoms with Crippen LogP contribution in [0.15, 0.2) is 12.2 Å². The minimum Gasteiger partial charge on any atom is -0.479 e. The third kappa shape index (κ3) is 6.53. The van der Waals surface area contributed by atoms with Gasteiger partial charge in [-0.2, -0.15) is 0 Å². The minimum absolute atomic E-state index is 0.0469.